The zero-order valence-corrected chi connectivity index (χ0v) is 19.7. The minimum absolute atomic E-state index is 0. The topological polar surface area (TPSA) is 114 Å². The monoisotopic (exact) mass is 516 g/mol. The lowest BCUT2D eigenvalue weighted by Gasteiger charge is -2.19. The summed E-state index contributed by atoms with van der Waals surface area (Å²) in [4.78, 5) is 20.1. The molecule has 1 heterocycles. The van der Waals surface area contributed by atoms with Gasteiger partial charge >= 0.3 is 6.09 Å². The van der Waals surface area contributed by atoms with Gasteiger partial charge in [-0.15, -0.1) is 24.0 Å². The molecule has 1 aromatic heterocycles. The van der Waals surface area contributed by atoms with E-state index in [9.17, 15) is 4.79 Å². The lowest BCUT2D eigenvalue weighted by molar-refractivity contribution is 0.0636. The molecule has 0 saturated carbocycles. The molecule has 29 heavy (non-hydrogen) atoms. The van der Waals surface area contributed by atoms with E-state index in [0.717, 1.165) is 12.0 Å². The number of benzene rings is 1. The number of nitrogens with zero attached hydrogens (tertiary/aromatic N) is 3. The first-order valence-electron chi connectivity index (χ1n) is 9.08. The van der Waals surface area contributed by atoms with Crippen LogP contribution in [0.15, 0.2) is 33.8 Å². The van der Waals surface area contributed by atoms with Gasteiger partial charge in [0.25, 0.3) is 0 Å². The van der Waals surface area contributed by atoms with E-state index in [1.54, 1.807) is 14.0 Å². The molecule has 160 valence electrons. The van der Waals surface area contributed by atoms with Gasteiger partial charge < -0.3 is 19.9 Å². The average molecular weight is 516 g/mol. The van der Waals surface area contributed by atoms with Crippen LogP contribution in [0.1, 0.15) is 38.0 Å². The zero-order valence-electron chi connectivity index (χ0n) is 17.4. The first kappa shape index (κ1) is 24.7. The second-order valence-corrected chi connectivity index (χ2v) is 7.16. The maximum Gasteiger partial charge on any atom is 0.412 e. The second kappa shape index (κ2) is 11.6. The molecule has 0 spiro atoms. The summed E-state index contributed by atoms with van der Waals surface area (Å²) in [6.45, 7) is 8.36. The van der Waals surface area contributed by atoms with E-state index in [2.05, 4.69) is 31.1 Å². The first-order chi connectivity index (χ1) is 13.2. The highest BCUT2D eigenvalue weighted by Gasteiger charge is 2.16. The molecule has 0 bridgehead atoms. The van der Waals surface area contributed by atoms with E-state index < -0.39 is 11.7 Å². The van der Waals surface area contributed by atoms with E-state index in [1.165, 1.54) is 0 Å². The Bertz CT molecular complexity index is 799. The number of aromatic nitrogens is 2. The maximum atomic E-state index is 11.8. The Balaban J connectivity index is 0.00000420. The minimum Gasteiger partial charge on any atom is -0.444 e. The van der Waals surface area contributed by atoms with Gasteiger partial charge in [0.05, 0.1) is 6.54 Å². The molecule has 0 fully saturated rings. The van der Waals surface area contributed by atoms with Gasteiger partial charge in [0.2, 0.25) is 5.89 Å². The standard InChI is InChI=1S/C19H28N6O3.HI/c1-13-23-16(25-28-13)12-22-17(20-5)21-11-10-14-6-8-15(9-7-14)24-18(26)27-19(2,3)4;/h6-9H,10-12H2,1-5H3,(H,24,26)(H2,20,21,22);1H. The maximum absolute atomic E-state index is 11.8. The molecule has 1 aromatic carbocycles. The fourth-order valence-corrected chi connectivity index (χ4v) is 2.30. The fraction of sp³-hybridized carbons (Fsp3) is 0.474. The second-order valence-electron chi connectivity index (χ2n) is 7.16. The summed E-state index contributed by atoms with van der Waals surface area (Å²) in [6.07, 6.45) is 0.336. The summed E-state index contributed by atoms with van der Waals surface area (Å²) in [6, 6.07) is 7.63. The number of carbonyl (C=O) groups excluding carboxylic acids is 1. The Morgan fingerprint density at radius 3 is 2.45 bits per heavy atom. The lowest BCUT2D eigenvalue weighted by Crippen LogP contribution is -2.38. The molecule has 2 aromatic rings. The van der Waals surface area contributed by atoms with Crippen LogP contribution in [0.3, 0.4) is 0 Å². The predicted octanol–water partition coefficient (Wildman–Crippen LogP) is 3.25. The van der Waals surface area contributed by atoms with Crippen LogP contribution < -0.4 is 16.0 Å². The molecular weight excluding hydrogens is 487 g/mol. The van der Waals surface area contributed by atoms with Crippen LogP contribution in [-0.4, -0.2) is 41.4 Å². The van der Waals surface area contributed by atoms with Gasteiger partial charge in [-0.25, -0.2) is 4.79 Å². The number of aryl methyl sites for hydroxylation is 1. The van der Waals surface area contributed by atoms with Gasteiger partial charge in [0.1, 0.15) is 5.60 Å². The summed E-state index contributed by atoms with van der Waals surface area (Å²) in [5, 5.41) is 12.9. The Morgan fingerprint density at radius 1 is 1.21 bits per heavy atom. The Labute approximate surface area is 188 Å². The summed E-state index contributed by atoms with van der Waals surface area (Å²) in [7, 11) is 1.70. The molecule has 0 atom stereocenters. The van der Waals surface area contributed by atoms with E-state index in [0.29, 0.717) is 36.5 Å². The van der Waals surface area contributed by atoms with Crippen molar-refractivity contribution in [2.75, 3.05) is 18.9 Å². The molecule has 0 aliphatic heterocycles. The molecule has 0 aliphatic carbocycles. The van der Waals surface area contributed by atoms with Crippen LogP contribution in [0, 0.1) is 6.92 Å². The SMILES string of the molecule is CN=C(NCCc1ccc(NC(=O)OC(C)(C)C)cc1)NCc1noc(C)n1.I. The summed E-state index contributed by atoms with van der Waals surface area (Å²) >= 11 is 0. The highest BCUT2D eigenvalue weighted by atomic mass is 127. The predicted molar refractivity (Wildman–Crippen MR) is 123 cm³/mol. The van der Waals surface area contributed by atoms with Crippen LogP contribution >= 0.6 is 24.0 Å². The van der Waals surface area contributed by atoms with Crippen LogP contribution in [0.5, 0.6) is 0 Å². The highest BCUT2D eigenvalue weighted by Crippen LogP contribution is 2.13. The largest absolute Gasteiger partial charge is 0.444 e. The van der Waals surface area contributed by atoms with Crippen molar-refractivity contribution in [3.05, 3.63) is 41.5 Å². The quantitative estimate of drug-likeness (QED) is 0.307. The van der Waals surface area contributed by atoms with Crippen LogP contribution in [-0.2, 0) is 17.7 Å². The van der Waals surface area contributed by atoms with E-state index in [-0.39, 0.29) is 24.0 Å². The van der Waals surface area contributed by atoms with Crippen molar-refractivity contribution in [3.63, 3.8) is 0 Å². The van der Waals surface area contributed by atoms with Crippen molar-refractivity contribution in [2.45, 2.75) is 46.3 Å². The van der Waals surface area contributed by atoms with Crippen molar-refractivity contribution in [1.82, 2.24) is 20.8 Å². The van der Waals surface area contributed by atoms with Crippen molar-refractivity contribution in [3.8, 4) is 0 Å². The molecule has 0 saturated heterocycles. The number of guanidine groups is 1. The number of anilines is 1. The highest BCUT2D eigenvalue weighted by molar-refractivity contribution is 14.0. The number of hydrogen-bond donors (Lipinski definition) is 3. The Kier molecular flexibility index (Phi) is 9.86. The minimum atomic E-state index is -0.523. The summed E-state index contributed by atoms with van der Waals surface area (Å²) < 4.78 is 10.2. The van der Waals surface area contributed by atoms with Gasteiger partial charge in [-0.1, -0.05) is 17.3 Å². The van der Waals surface area contributed by atoms with Gasteiger partial charge in [0.15, 0.2) is 11.8 Å². The molecular formula is C19H29IN6O3. The van der Waals surface area contributed by atoms with Crippen molar-refractivity contribution < 1.29 is 14.1 Å². The average Bonchev–Trinajstić information content (AvgIpc) is 3.03. The number of rotatable bonds is 6. The van der Waals surface area contributed by atoms with Crippen molar-refractivity contribution >= 4 is 41.7 Å². The Morgan fingerprint density at radius 2 is 1.90 bits per heavy atom. The first-order valence-corrected chi connectivity index (χ1v) is 9.08. The summed E-state index contributed by atoms with van der Waals surface area (Å²) in [5.74, 6) is 1.77. The summed E-state index contributed by atoms with van der Waals surface area (Å²) in [5.41, 5.74) is 1.30. The molecule has 0 unspecified atom stereocenters. The molecule has 9 nitrogen and oxygen atoms in total. The smallest absolute Gasteiger partial charge is 0.412 e. The van der Waals surface area contributed by atoms with Gasteiger partial charge in [0, 0.05) is 26.2 Å². The number of ether oxygens (including phenoxy) is 1. The van der Waals surface area contributed by atoms with Gasteiger partial charge in [-0.05, 0) is 44.9 Å². The number of hydrogen-bond acceptors (Lipinski definition) is 6. The molecule has 10 heteroatoms. The molecule has 0 aliphatic rings. The number of carbonyl (C=O) groups is 1. The molecule has 2 rings (SSSR count). The number of halogens is 1. The molecule has 1 amide bonds. The number of amides is 1. The Hall–Kier alpha value is -2.37. The third-order valence-corrected chi connectivity index (χ3v) is 3.51. The zero-order chi connectivity index (χ0) is 20.6. The van der Waals surface area contributed by atoms with E-state index >= 15 is 0 Å². The van der Waals surface area contributed by atoms with Crippen LogP contribution in [0.4, 0.5) is 10.5 Å². The number of aliphatic imine (C=N–C) groups is 1. The van der Waals surface area contributed by atoms with Crippen LogP contribution in [0.25, 0.3) is 0 Å². The fourth-order valence-electron chi connectivity index (χ4n) is 2.30. The normalized spacial score (nSPS) is 11.4. The molecule has 0 radical (unpaired) electrons. The number of nitrogens with one attached hydrogen (secondary N) is 3. The van der Waals surface area contributed by atoms with Crippen molar-refractivity contribution in [2.24, 2.45) is 4.99 Å². The van der Waals surface area contributed by atoms with Gasteiger partial charge in [-0.3, -0.25) is 10.3 Å². The van der Waals surface area contributed by atoms with Crippen molar-refractivity contribution in [1.29, 1.82) is 0 Å². The van der Waals surface area contributed by atoms with E-state index in [1.807, 2.05) is 45.0 Å². The third-order valence-electron chi connectivity index (χ3n) is 3.51. The van der Waals surface area contributed by atoms with Gasteiger partial charge in [-0.2, -0.15) is 4.98 Å². The lowest BCUT2D eigenvalue weighted by atomic mass is 10.1. The molecule has 3 N–H and O–H groups in total. The van der Waals surface area contributed by atoms with E-state index in [4.69, 9.17) is 9.26 Å². The van der Waals surface area contributed by atoms with Crippen LogP contribution in [0.2, 0.25) is 0 Å². The third kappa shape index (κ3) is 9.59.